The van der Waals surface area contributed by atoms with Crippen LogP contribution in [0.4, 0.5) is 13.2 Å². The number of alkyl halides is 3. The summed E-state index contributed by atoms with van der Waals surface area (Å²) in [6, 6.07) is 0. The summed E-state index contributed by atoms with van der Waals surface area (Å²) in [4.78, 5) is 10.8. The molecule has 0 aliphatic carbocycles. The van der Waals surface area contributed by atoms with Crippen molar-refractivity contribution in [2.75, 3.05) is 25.4 Å². The molecule has 14 heavy (non-hydrogen) atoms. The van der Waals surface area contributed by atoms with E-state index in [1.54, 1.807) is 0 Å². The van der Waals surface area contributed by atoms with Gasteiger partial charge in [0.15, 0.2) is 0 Å². The summed E-state index contributed by atoms with van der Waals surface area (Å²) in [6.07, 6.45) is 0. The van der Waals surface area contributed by atoms with Crippen LogP contribution in [0.5, 0.6) is 0 Å². The average Bonchev–Trinajstić information content (AvgIpc) is 2.08. The Hall–Kier alpha value is -0.430. The van der Waals surface area contributed by atoms with E-state index < -0.39 is 17.2 Å². The van der Waals surface area contributed by atoms with Crippen molar-refractivity contribution in [3.8, 4) is 0 Å². The molecule has 0 saturated heterocycles. The van der Waals surface area contributed by atoms with Gasteiger partial charge in [0.1, 0.15) is 0 Å². The van der Waals surface area contributed by atoms with Gasteiger partial charge in [-0.15, -0.1) is 0 Å². The Kier molecular flexibility index (Phi) is 6.73. The highest BCUT2D eigenvalue weighted by Gasteiger charge is 2.28. The summed E-state index contributed by atoms with van der Waals surface area (Å²) in [7, 11) is 0. The molecular formula is C7H13F3N2OS. The van der Waals surface area contributed by atoms with Gasteiger partial charge in [0.2, 0.25) is 5.91 Å². The van der Waals surface area contributed by atoms with E-state index in [1.807, 2.05) is 6.92 Å². The number of thioether (sulfide) groups is 1. The maximum atomic E-state index is 11.6. The summed E-state index contributed by atoms with van der Waals surface area (Å²) in [5.74, 6) is -1.17. The second kappa shape index (κ2) is 6.94. The Bertz CT molecular complexity index is 175. The molecule has 0 aromatic rings. The molecule has 0 heterocycles. The van der Waals surface area contributed by atoms with Crippen molar-refractivity contribution < 1.29 is 18.0 Å². The molecule has 84 valence electrons. The van der Waals surface area contributed by atoms with Crippen LogP contribution in [0.3, 0.4) is 0 Å². The lowest BCUT2D eigenvalue weighted by Gasteiger charge is -2.06. The van der Waals surface area contributed by atoms with Crippen LogP contribution < -0.4 is 10.6 Å². The standard InChI is InChI=1S/C7H13F3N2OS/c1-2-11-3-4-12-6(13)5-14-7(8,9)10/h11H,2-5H2,1H3,(H,12,13). The number of carbonyl (C=O) groups is 1. The molecule has 0 aromatic carbocycles. The Morgan fingerprint density at radius 2 is 2.00 bits per heavy atom. The molecule has 0 aliphatic heterocycles. The number of halogens is 3. The largest absolute Gasteiger partial charge is 0.442 e. The number of carbonyl (C=O) groups excluding carboxylic acids is 1. The van der Waals surface area contributed by atoms with Gasteiger partial charge in [-0.1, -0.05) is 6.92 Å². The maximum absolute atomic E-state index is 11.6. The van der Waals surface area contributed by atoms with Gasteiger partial charge in [-0.3, -0.25) is 4.79 Å². The van der Waals surface area contributed by atoms with Crippen LogP contribution in [-0.4, -0.2) is 36.8 Å². The second-order valence-corrected chi connectivity index (χ2v) is 3.48. The molecule has 7 heteroatoms. The number of rotatable bonds is 6. The van der Waals surface area contributed by atoms with Crippen LogP contribution in [0.2, 0.25) is 0 Å². The molecule has 0 aromatic heterocycles. The van der Waals surface area contributed by atoms with Crippen molar-refractivity contribution in [1.29, 1.82) is 0 Å². The van der Waals surface area contributed by atoms with Crippen LogP contribution >= 0.6 is 11.8 Å². The average molecular weight is 230 g/mol. The zero-order valence-corrected chi connectivity index (χ0v) is 8.60. The minimum atomic E-state index is -4.33. The first-order chi connectivity index (χ1) is 6.45. The monoisotopic (exact) mass is 230 g/mol. The predicted octanol–water partition coefficient (Wildman–Crippen LogP) is 0.965. The number of amides is 1. The fraction of sp³-hybridized carbons (Fsp3) is 0.857. The molecule has 0 bridgehead atoms. The maximum Gasteiger partial charge on any atom is 0.442 e. The van der Waals surface area contributed by atoms with Gasteiger partial charge in [-0.05, 0) is 18.3 Å². The van der Waals surface area contributed by atoms with E-state index in [1.165, 1.54) is 0 Å². The van der Waals surface area contributed by atoms with E-state index >= 15 is 0 Å². The van der Waals surface area contributed by atoms with Crippen molar-refractivity contribution in [2.24, 2.45) is 0 Å². The van der Waals surface area contributed by atoms with E-state index in [0.29, 0.717) is 13.1 Å². The summed E-state index contributed by atoms with van der Waals surface area (Å²) < 4.78 is 34.9. The smallest absolute Gasteiger partial charge is 0.354 e. The quantitative estimate of drug-likeness (QED) is 0.668. The van der Waals surface area contributed by atoms with Gasteiger partial charge in [0.25, 0.3) is 0 Å². The van der Waals surface area contributed by atoms with E-state index in [0.717, 1.165) is 6.54 Å². The lowest BCUT2D eigenvalue weighted by atomic mass is 10.5. The van der Waals surface area contributed by atoms with E-state index in [-0.39, 0.29) is 11.8 Å². The topological polar surface area (TPSA) is 41.1 Å². The fourth-order valence-electron chi connectivity index (χ4n) is 0.665. The minimum Gasteiger partial charge on any atom is -0.354 e. The van der Waals surface area contributed by atoms with Gasteiger partial charge >= 0.3 is 5.51 Å². The molecule has 1 amide bonds. The summed E-state index contributed by atoms with van der Waals surface area (Å²) in [5, 5.41) is 5.30. The highest BCUT2D eigenvalue weighted by Crippen LogP contribution is 2.29. The Labute approximate surface area is 84.8 Å². The number of likely N-dealkylation sites (N-methyl/N-ethyl adjacent to an activating group) is 1. The van der Waals surface area contributed by atoms with Crippen molar-refractivity contribution in [3.63, 3.8) is 0 Å². The molecule has 0 aliphatic rings. The van der Waals surface area contributed by atoms with E-state index in [4.69, 9.17) is 0 Å². The lowest BCUT2D eigenvalue weighted by Crippen LogP contribution is -2.33. The van der Waals surface area contributed by atoms with E-state index in [2.05, 4.69) is 10.6 Å². The molecule has 0 fully saturated rings. The second-order valence-electron chi connectivity index (χ2n) is 2.44. The Morgan fingerprint density at radius 1 is 1.36 bits per heavy atom. The number of hydrogen-bond acceptors (Lipinski definition) is 3. The highest BCUT2D eigenvalue weighted by molar-refractivity contribution is 8.00. The molecule has 0 unspecified atom stereocenters. The van der Waals surface area contributed by atoms with Crippen LogP contribution in [0.25, 0.3) is 0 Å². The number of hydrogen-bond donors (Lipinski definition) is 2. The van der Waals surface area contributed by atoms with Crippen LogP contribution in [0.1, 0.15) is 6.92 Å². The Morgan fingerprint density at radius 3 is 2.50 bits per heavy atom. The molecule has 0 atom stereocenters. The fourth-order valence-corrected chi connectivity index (χ4v) is 1.06. The van der Waals surface area contributed by atoms with Crippen LogP contribution in [0.15, 0.2) is 0 Å². The minimum absolute atomic E-state index is 0.327. The molecule has 0 rings (SSSR count). The van der Waals surface area contributed by atoms with Crippen molar-refractivity contribution in [3.05, 3.63) is 0 Å². The van der Waals surface area contributed by atoms with Gasteiger partial charge in [-0.2, -0.15) is 13.2 Å². The van der Waals surface area contributed by atoms with Gasteiger partial charge in [-0.25, -0.2) is 0 Å². The predicted molar refractivity (Wildman–Crippen MR) is 50.1 cm³/mol. The van der Waals surface area contributed by atoms with Gasteiger partial charge in [0.05, 0.1) is 5.75 Å². The third-order valence-corrected chi connectivity index (χ3v) is 1.97. The zero-order valence-electron chi connectivity index (χ0n) is 7.78. The molecule has 3 nitrogen and oxygen atoms in total. The van der Waals surface area contributed by atoms with Crippen LogP contribution in [-0.2, 0) is 4.79 Å². The first-order valence-electron chi connectivity index (χ1n) is 4.14. The third-order valence-electron chi connectivity index (χ3n) is 1.24. The third kappa shape index (κ3) is 9.66. The Balaban J connectivity index is 3.38. The molecule has 0 saturated carbocycles. The van der Waals surface area contributed by atoms with Crippen LogP contribution in [0, 0.1) is 0 Å². The summed E-state index contributed by atoms with van der Waals surface area (Å²) in [5.41, 5.74) is -4.33. The van der Waals surface area contributed by atoms with Crippen molar-refractivity contribution in [2.45, 2.75) is 12.4 Å². The molecule has 2 N–H and O–H groups in total. The highest BCUT2D eigenvalue weighted by atomic mass is 32.2. The lowest BCUT2D eigenvalue weighted by molar-refractivity contribution is -0.118. The molecule has 0 spiro atoms. The van der Waals surface area contributed by atoms with Gasteiger partial charge in [0, 0.05) is 13.1 Å². The van der Waals surface area contributed by atoms with Crippen molar-refractivity contribution >= 4 is 17.7 Å². The molecule has 0 radical (unpaired) electrons. The summed E-state index contributed by atoms with van der Waals surface area (Å²) in [6.45, 7) is 3.60. The first kappa shape index (κ1) is 13.6. The molecular weight excluding hydrogens is 217 g/mol. The first-order valence-corrected chi connectivity index (χ1v) is 5.12. The van der Waals surface area contributed by atoms with E-state index in [9.17, 15) is 18.0 Å². The summed E-state index contributed by atoms with van der Waals surface area (Å²) >= 11 is -0.327. The normalized spacial score (nSPS) is 11.4. The SMILES string of the molecule is CCNCCNC(=O)CSC(F)(F)F. The number of nitrogens with one attached hydrogen (secondary N) is 2. The van der Waals surface area contributed by atoms with Gasteiger partial charge < -0.3 is 10.6 Å². The van der Waals surface area contributed by atoms with Crippen molar-refractivity contribution in [1.82, 2.24) is 10.6 Å². The zero-order chi connectivity index (χ0) is 11.0.